The van der Waals surface area contributed by atoms with Crippen LogP contribution in [0.4, 0.5) is 0 Å². The molecule has 5 heteroatoms. The smallest absolute Gasteiger partial charge is 0.323 e. The molecule has 0 spiro atoms. The van der Waals surface area contributed by atoms with E-state index in [-0.39, 0.29) is 31.3 Å². The van der Waals surface area contributed by atoms with Crippen LogP contribution >= 0.6 is 0 Å². The van der Waals surface area contributed by atoms with Crippen LogP contribution in [0.5, 0.6) is 0 Å². The summed E-state index contributed by atoms with van der Waals surface area (Å²) in [5, 5.41) is 0. The molecule has 1 atom stereocenters. The van der Waals surface area contributed by atoms with Gasteiger partial charge in [0, 0.05) is 12.8 Å². The normalized spacial score (nSPS) is 19.7. The van der Waals surface area contributed by atoms with Crippen molar-refractivity contribution in [1.29, 1.82) is 0 Å². The van der Waals surface area contributed by atoms with Crippen molar-refractivity contribution in [2.45, 2.75) is 40.0 Å². The van der Waals surface area contributed by atoms with Gasteiger partial charge in [-0.1, -0.05) is 0 Å². The monoisotopic (exact) mass is 256 g/mol. The fourth-order valence-electron chi connectivity index (χ4n) is 2.29. The van der Waals surface area contributed by atoms with Crippen molar-refractivity contribution >= 4 is 17.7 Å². The van der Waals surface area contributed by atoms with Crippen molar-refractivity contribution in [3.8, 4) is 0 Å². The van der Waals surface area contributed by atoms with Gasteiger partial charge in [-0.3, -0.25) is 14.4 Å². The minimum absolute atomic E-state index is 0.0832. The molecule has 0 aromatic heterocycles. The van der Waals surface area contributed by atoms with E-state index in [0.29, 0.717) is 12.8 Å². The van der Waals surface area contributed by atoms with Crippen LogP contribution in [-0.4, -0.2) is 30.9 Å². The molecule has 0 heterocycles. The Bertz CT molecular complexity index is 329. The number of hydrogen-bond acceptors (Lipinski definition) is 5. The van der Waals surface area contributed by atoms with Crippen LogP contribution in [0.1, 0.15) is 40.0 Å². The van der Waals surface area contributed by atoms with Crippen LogP contribution in [0.25, 0.3) is 0 Å². The van der Waals surface area contributed by atoms with Gasteiger partial charge in [-0.2, -0.15) is 0 Å². The van der Waals surface area contributed by atoms with E-state index in [0.717, 1.165) is 0 Å². The number of ether oxygens (including phenoxy) is 2. The number of rotatable bonds is 5. The molecule has 1 saturated carbocycles. The number of esters is 2. The van der Waals surface area contributed by atoms with Crippen molar-refractivity contribution in [2.75, 3.05) is 13.2 Å². The zero-order chi connectivity index (χ0) is 13.8. The maximum Gasteiger partial charge on any atom is 0.323 e. The van der Waals surface area contributed by atoms with Gasteiger partial charge in [0.1, 0.15) is 5.78 Å². The van der Waals surface area contributed by atoms with Crippen molar-refractivity contribution in [1.82, 2.24) is 0 Å². The van der Waals surface area contributed by atoms with Gasteiger partial charge < -0.3 is 9.47 Å². The van der Waals surface area contributed by atoms with E-state index in [1.165, 1.54) is 6.92 Å². The van der Waals surface area contributed by atoms with E-state index in [9.17, 15) is 14.4 Å². The molecular weight excluding hydrogens is 236 g/mol. The van der Waals surface area contributed by atoms with Gasteiger partial charge >= 0.3 is 11.9 Å². The Balaban J connectivity index is 2.96. The Hall–Kier alpha value is -1.39. The Morgan fingerprint density at radius 3 is 2.06 bits per heavy atom. The van der Waals surface area contributed by atoms with Gasteiger partial charge in [0.15, 0.2) is 5.41 Å². The summed E-state index contributed by atoms with van der Waals surface area (Å²) >= 11 is 0. The average molecular weight is 256 g/mol. The molecule has 1 rings (SSSR count). The topological polar surface area (TPSA) is 69.7 Å². The zero-order valence-electron chi connectivity index (χ0n) is 11.2. The molecule has 1 aliphatic rings. The molecule has 0 aromatic rings. The third-order valence-electron chi connectivity index (χ3n) is 3.46. The van der Waals surface area contributed by atoms with Gasteiger partial charge in [0.2, 0.25) is 0 Å². The SMILES string of the molecule is CCOC(=O)C(C)(C(=O)OCC)[C@@H]1CCC(=O)C1. The molecule has 1 aliphatic carbocycles. The van der Waals surface area contributed by atoms with Crippen LogP contribution in [0, 0.1) is 11.3 Å². The molecule has 0 N–H and O–H groups in total. The Morgan fingerprint density at radius 2 is 1.72 bits per heavy atom. The summed E-state index contributed by atoms with van der Waals surface area (Å²) in [4.78, 5) is 35.4. The lowest BCUT2D eigenvalue weighted by Crippen LogP contribution is -2.44. The van der Waals surface area contributed by atoms with Gasteiger partial charge in [-0.05, 0) is 33.1 Å². The second-order valence-corrected chi connectivity index (χ2v) is 4.62. The lowest BCUT2D eigenvalue weighted by molar-refractivity contribution is -0.175. The summed E-state index contributed by atoms with van der Waals surface area (Å²) in [7, 11) is 0. The standard InChI is InChI=1S/C13H20O5/c1-4-17-11(15)13(3,12(16)18-5-2)9-6-7-10(14)8-9/h9H,4-8H2,1-3H3/t9-/m1/s1. The maximum atomic E-state index is 12.0. The van der Waals surface area contributed by atoms with Gasteiger partial charge in [0.25, 0.3) is 0 Å². The molecule has 102 valence electrons. The van der Waals surface area contributed by atoms with Crippen molar-refractivity contribution in [2.24, 2.45) is 11.3 Å². The quantitative estimate of drug-likeness (QED) is 0.550. The largest absolute Gasteiger partial charge is 0.465 e. The molecule has 5 nitrogen and oxygen atoms in total. The summed E-state index contributed by atoms with van der Waals surface area (Å²) in [6.07, 6.45) is 1.19. The van der Waals surface area contributed by atoms with E-state index >= 15 is 0 Å². The Labute approximate surface area is 107 Å². The first-order valence-electron chi connectivity index (χ1n) is 6.32. The van der Waals surface area contributed by atoms with Gasteiger partial charge in [-0.15, -0.1) is 0 Å². The molecule has 0 amide bonds. The molecule has 0 aromatic carbocycles. The first-order chi connectivity index (χ1) is 8.46. The predicted octanol–water partition coefficient (Wildman–Crippen LogP) is 1.49. The lowest BCUT2D eigenvalue weighted by atomic mass is 9.76. The summed E-state index contributed by atoms with van der Waals surface area (Å²) in [5.74, 6) is -1.42. The molecular formula is C13H20O5. The summed E-state index contributed by atoms with van der Waals surface area (Å²) in [6.45, 7) is 5.29. The van der Waals surface area contributed by atoms with Gasteiger partial charge in [-0.25, -0.2) is 0 Å². The highest BCUT2D eigenvalue weighted by molar-refractivity contribution is 6.01. The first kappa shape index (κ1) is 14.7. The number of Topliss-reactive ketones (excluding diaryl/α,β-unsaturated/α-hetero) is 1. The second-order valence-electron chi connectivity index (χ2n) is 4.62. The summed E-state index contributed by atoms with van der Waals surface area (Å²) in [6, 6.07) is 0. The van der Waals surface area contributed by atoms with Crippen molar-refractivity contribution in [3.63, 3.8) is 0 Å². The number of carbonyl (C=O) groups excluding carboxylic acids is 3. The molecule has 0 radical (unpaired) electrons. The molecule has 18 heavy (non-hydrogen) atoms. The van der Waals surface area contributed by atoms with E-state index in [4.69, 9.17) is 9.47 Å². The molecule has 0 aliphatic heterocycles. The average Bonchev–Trinajstić information content (AvgIpc) is 2.75. The third-order valence-corrected chi connectivity index (χ3v) is 3.46. The highest BCUT2D eigenvalue weighted by atomic mass is 16.6. The van der Waals surface area contributed by atoms with Crippen LogP contribution in [-0.2, 0) is 23.9 Å². The highest BCUT2D eigenvalue weighted by Gasteiger charge is 2.52. The highest BCUT2D eigenvalue weighted by Crippen LogP contribution is 2.40. The summed E-state index contributed by atoms with van der Waals surface area (Å²) < 4.78 is 9.94. The van der Waals surface area contributed by atoms with Crippen LogP contribution < -0.4 is 0 Å². The van der Waals surface area contributed by atoms with Crippen LogP contribution in [0.15, 0.2) is 0 Å². The van der Waals surface area contributed by atoms with E-state index < -0.39 is 17.4 Å². The number of hydrogen-bond donors (Lipinski definition) is 0. The Kier molecular flexibility index (Phi) is 4.87. The predicted molar refractivity (Wildman–Crippen MR) is 63.7 cm³/mol. The van der Waals surface area contributed by atoms with Crippen LogP contribution in [0.3, 0.4) is 0 Å². The fraction of sp³-hybridized carbons (Fsp3) is 0.769. The minimum Gasteiger partial charge on any atom is -0.465 e. The minimum atomic E-state index is -1.36. The second kappa shape index (κ2) is 5.98. The summed E-state index contributed by atoms with van der Waals surface area (Å²) in [5.41, 5.74) is -1.36. The van der Waals surface area contributed by atoms with Gasteiger partial charge in [0.05, 0.1) is 13.2 Å². The molecule has 0 unspecified atom stereocenters. The fourth-order valence-corrected chi connectivity index (χ4v) is 2.29. The van der Waals surface area contributed by atoms with Crippen molar-refractivity contribution < 1.29 is 23.9 Å². The number of carbonyl (C=O) groups is 3. The lowest BCUT2D eigenvalue weighted by Gasteiger charge is -2.30. The van der Waals surface area contributed by atoms with Crippen molar-refractivity contribution in [3.05, 3.63) is 0 Å². The zero-order valence-corrected chi connectivity index (χ0v) is 11.2. The van der Waals surface area contributed by atoms with E-state index in [1.807, 2.05) is 0 Å². The van der Waals surface area contributed by atoms with E-state index in [2.05, 4.69) is 0 Å². The molecule has 0 bridgehead atoms. The molecule has 1 fully saturated rings. The van der Waals surface area contributed by atoms with Crippen LogP contribution in [0.2, 0.25) is 0 Å². The number of ketones is 1. The molecule has 0 saturated heterocycles. The first-order valence-corrected chi connectivity index (χ1v) is 6.32. The Morgan fingerprint density at radius 1 is 1.22 bits per heavy atom. The maximum absolute atomic E-state index is 12.0. The van der Waals surface area contributed by atoms with E-state index in [1.54, 1.807) is 13.8 Å². The third kappa shape index (κ3) is 2.71.